The molecule has 27 heavy (non-hydrogen) atoms. The number of hydrogen-bond acceptors (Lipinski definition) is 5. The molecule has 1 amide bonds. The molecule has 0 aromatic heterocycles. The van der Waals surface area contributed by atoms with Gasteiger partial charge >= 0.3 is 0 Å². The van der Waals surface area contributed by atoms with E-state index in [1.165, 1.54) is 18.2 Å². The summed E-state index contributed by atoms with van der Waals surface area (Å²) in [5, 5.41) is 3.02. The summed E-state index contributed by atoms with van der Waals surface area (Å²) in [6.45, 7) is 2.85. The predicted octanol–water partition coefficient (Wildman–Crippen LogP) is 2.97. The summed E-state index contributed by atoms with van der Waals surface area (Å²) in [7, 11) is -3.42. The number of nitrogens with one attached hydrogen (secondary N) is 2. The van der Waals surface area contributed by atoms with Gasteiger partial charge in [-0.25, -0.2) is 8.42 Å². The van der Waals surface area contributed by atoms with Crippen molar-refractivity contribution >= 4 is 33.2 Å². The third kappa shape index (κ3) is 4.84. The number of carbonyl (C=O) groups is 1. The van der Waals surface area contributed by atoms with Crippen molar-refractivity contribution in [3.05, 3.63) is 52.5 Å². The van der Waals surface area contributed by atoms with Gasteiger partial charge in [0.1, 0.15) is 13.2 Å². The van der Waals surface area contributed by atoms with Crippen LogP contribution in [-0.4, -0.2) is 33.8 Å². The van der Waals surface area contributed by atoms with Crippen LogP contribution >= 0.6 is 11.6 Å². The number of carbonyl (C=O) groups excluding carboxylic acids is 1. The van der Waals surface area contributed by atoms with Crippen LogP contribution in [0.4, 0.5) is 5.69 Å². The summed E-state index contributed by atoms with van der Waals surface area (Å²) in [6.07, 6.45) is 1.04. The van der Waals surface area contributed by atoms with Crippen LogP contribution < -0.4 is 19.5 Å². The number of sulfonamides is 1. The molecule has 1 aliphatic rings. The van der Waals surface area contributed by atoms with Gasteiger partial charge < -0.3 is 14.8 Å². The molecular formula is C18H19ClN2O5S. The van der Waals surface area contributed by atoms with Crippen LogP contribution in [-0.2, 0) is 10.0 Å². The number of hydrogen-bond donors (Lipinski definition) is 2. The predicted molar refractivity (Wildman–Crippen MR) is 103 cm³/mol. The van der Waals surface area contributed by atoms with Gasteiger partial charge in [0.05, 0.1) is 22.9 Å². The summed E-state index contributed by atoms with van der Waals surface area (Å²) in [6, 6.07) is 9.56. The highest BCUT2D eigenvalue weighted by atomic mass is 35.5. The van der Waals surface area contributed by atoms with Crippen molar-refractivity contribution in [2.24, 2.45) is 0 Å². The van der Waals surface area contributed by atoms with Crippen molar-refractivity contribution in [1.82, 2.24) is 5.32 Å². The molecular weight excluding hydrogens is 392 g/mol. The fourth-order valence-electron chi connectivity index (χ4n) is 2.66. The normalized spacial score (nSPS) is 14.3. The lowest BCUT2D eigenvalue weighted by molar-refractivity contribution is 0.0940. The van der Waals surface area contributed by atoms with Gasteiger partial charge in [-0.05, 0) is 42.8 Å². The van der Waals surface area contributed by atoms with E-state index < -0.39 is 10.0 Å². The maximum Gasteiger partial charge on any atom is 0.253 e. The van der Waals surface area contributed by atoms with Crippen molar-refractivity contribution in [1.29, 1.82) is 0 Å². The highest BCUT2D eigenvalue weighted by Gasteiger charge is 2.18. The molecule has 1 atom stereocenters. The van der Waals surface area contributed by atoms with Crippen molar-refractivity contribution in [2.45, 2.75) is 13.0 Å². The standard InChI is InChI=1S/C18H19ClN2O5S/c1-11(12-3-6-16-17(9-12)26-8-7-25-16)20-18(22)14-5-4-13(10-15(14)19)21-27(2,23)24/h3-6,9-11,21H,7-8H2,1-2H3,(H,20,22)/t11-/m1/s1. The Balaban J connectivity index is 1.73. The van der Waals surface area contributed by atoms with E-state index >= 15 is 0 Å². The molecule has 9 heteroatoms. The first-order chi connectivity index (χ1) is 12.7. The zero-order valence-corrected chi connectivity index (χ0v) is 16.4. The molecule has 2 N–H and O–H groups in total. The van der Waals surface area contributed by atoms with E-state index in [4.69, 9.17) is 21.1 Å². The highest BCUT2D eigenvalue weighted by Crippen LogP contribution is 2.32. The number of ether oxygens (including phenoxy) is 2. The minimum Gasteiger partial charge on any atom is -0.486 e. The number of halogens is 1. The summed E-state index contributed by atoms with van der Waals surface area (Å²) in [5.74, 6) is 0.961. The lowest BCUT2D eigenvalue weighted by Crippen LogP contribution is -2.27. The minimum absolute atomic E-state index is 0.149. The van der Waals surface area contributed by atoms with E-state index in [9.17, 15) is 13.2 Å². The maximum atomic E-state index is 12.5. The summed E-state index contributed by atoms with van der Waals surface area (Å²) in [5.41, 5.74) is 1.40. The summed E-state index contributed by atoms with van der Waals surface area (Å²) >= 11 is 6.15. The topological polar surface area (TPSA) is 93.7 Å². The van der Waals surface area contributed by atoms with Gasteiger partial charge in [-0.15, -0.1) is 0 Å². The highest BCUT2D eigenvalue weighted by molar-refractivity contribution is 7.92. The molecule has 0 radical (unpaired) electrons. The lowest BCUT2D eigenvalue weighted by Gasteiger charge is -2.21. The molecule has 2 aromatic rings. The van der Waals surface area contributed by atoms with Crippen molar-refractivity contribution < 1.29 is 22.7 Å². The molecule has 2 aromatic carbocycles. The van der Waals surface area contributed by atoms with Gasteiger partial charge in [-0.3, -0.25) is 9.52 Å². The largest absolute Gasteiger partial charge is 0.486 e. The molecule has 144 valence electrons. The van der Waals surface area contributed by atoms with Crippen LogP contribution in [0.5, 0.6) is 11.5 Å². The molecule has 3 rings (SSSR count). The van der Waals surface area contributed by atoms with Crippen molar-refractivity contribution in [2.75, 3.05) is 24.2 Å². The second-order valence-corrected chi connectivity index (χ2v) is 8.32. The Kier molecular flexibility index (Phi) is 5.48. The maximum absolute atomic E-state index is 12.5. The molecule has 7 nitrogen and oxygen atoms in total. The zero-order valence-electron chi connectivity index (χ0n) is 14.8. The van der Waals surface area contributed by atoms with Crippen LogP contribution in [0.25, 0.3) is 0 Å². The fourth-order valence-corrected chi connectivity index (χ4v) is 3.49. The Morgan fingerprint density at radius 2 is 1.81 bits per heavy atom. The van der Waals surface area contributed by atoms with Crippen LogP contribution in [0.15, 0.2) is 36.4 Å². The van der Waals surface area contributed by atoms with E-state index in [2.05, 4.69) is 10.0 Å². The number of fused-ring (bicyclic) bond motifs is 1. The Morgan fingerprint density at radius 3 is 2.48 bits per heavy atom. The number of rotatable bonds is 5. The Labute approximate surface area is 162 Å². The number of amides is 1. The molecule has 0 unspecified atom stereocenters. The first-order valence-electron chi connectivity index (χ1n) is 8.21. The van der Waals surface area contributed by atoms with Gasteiger partial charge in [-0.2, -0.15) is 0 Å². The van der Waals surface area contributed by atoms with Crippen LogP contribution in [0.2, 0.25) is 5.02 Å². The van der Waals surface area contributed by atoms with E-state index in [0.29, 0.717) is 30.4 Å². The zero-order chi connectivity index (χ0) is 19.6. The fraction of sp³-hybridized carbons (Fsp3) is 0.278. The van der Waals surface area contributed by atoms with Gasteiger partial charge in [0, 0.05) is 5.69 Å². The monoisotopic (exact) mass is 410 g/mol. The molecule has 0 saturated heterocycles. The van der Waals surface area contributed by atoms with Gasteiger partial charge in [-0.1, -0.05) is 17.7 Å². The molecule has 0 aliphatic carbocycles. The van der Waals surface area contributed by atoms with E-state index in [1.54, 1.807) is 0 Å². The average molecular weight is 411 g/mol. The third-order valence-corrected chi connectivity index (χ3v) is 4.85. The summed E-state index contributed by atoms with van der Waals surface area (Å²) < 4.78 is 35.9. The molecule has 1 heterocycles. The average Bonchev–Trinajstić information content (AvgIpc) is 2.59. The Morgan fingerprint density at radius 1 is 1.11 bits per heavy atom. The number of benzene rings is 2. The molecule has 0 fully saturated rings. The lowest BCUT2D eigenvalue weighted by atomic mass is 10.1. The first kappa shape index (κ1) is 19.3. The van der Waals surface area contributed by atoms with E-state index in [0.717, 1.165) is 11.8 Å². The SMILES string of the molecule is C[C@@H](NC(=O)c1ccc(NS(C)(=O)=O)cc1Cl)c1ccc2c(c1)OCCO2. The van der Waals surface area contributed by atoms with Crippen LogP contribution in [0, 0.1) is 0 Å². The minimum atomic E-state index is -3.42. The van der Waals surface area contributed by atoms with E-state index in [1.807, 2.05) is 25.1 Å². The second kappa shape index (κ2) is 7.66. The van der Waals surface area contributed by atoms with Crippen molar-refractivity contribution in [3.63, 3.8) is 0 Å². The first-order valence-corrected chi connectivity index (χ1v) is 10.5. The second-order valence-electron chi connectivity index (χ2n) is 6.17. The molecule has 0 saturated carbocycles. The quantitative estimate of drug-likeness (QED) is 0.790. The van der Waals surface area contributed by atoms with E-state index in [-0.39, 0.29) is 22.5 Å². The summed E-state index contributed by atoms with van der Waals surface area (Å²) in [4.78, 5) is 12.5. The Hall–Kier alpha value is -2.45. The number of anilines is 1. The molecule has 0 bridgehead atoms. The molecule has 0 spiro atoms. The van der Waals surface area contributed by atoms with Gasteiger partial charge in [0.15, 0.2) is 11.5 Å². The Bertz CT molecular complexity index is 978. The van der Waals surface area contributed by atoms with Crippen LogP contribution in [0.3, 0.4) is 0 Å². The van der Waals surface area contributed by atoms with Crippen LogP contribution in [0.1, 0.15) is 28.9 Å². The smallest absolute Gasteiger partial charge is 0.253 e. The third-order valence-electron chi connectivity index (χ3n) is 3.93. The molecule has 1 aliphatic heterocycles. The van der Waals surface area contributed by atoms with Gasteiger partial charge in [0.2, 0.25) is 10.0 Å². The van der Waals surface area contributed by atoms with Crippen molar-refractivity contribution in [3.8, 4) is 11.5 Å². The van der Waals surface area contributed by atoms with Gasteiger partial charge in [0.25, 0.3) is 5.91 Å².